The van der Waals surface area contributed by atoms with Crippen LogP contribution in [0.1, 0.15) is 34.8 Å². The Hall–Kier alpha value is -3.25. The lowest BCUT2D eigenvalue weighted by Crippen LogP contribution is -2.29. The van der Waals surface area contributed by atoms with Crippen molar-refractivity contribution in [2.45, 2.75) is 18.8 Å². The highest BCUT2D eigenvalue weighted by Gasteiger charge is 2.20. The van der Waals surface area contributed by atoms with Crippen molar-refractivity contribution >= 4 is 28.1 Å². The summed E-state index contributed by atoms with van der Waals surface area (Å²) >= 11 is 0. The minimum absolute atomic E-state index is 0.184. The smallest absolute Gasteiger partial charge is 0.274 e. The molecule has 0 saturated carbocycles. The molecule has 0 atom stereocenters. The van der Waals surface area contributed by atoms with E-state index in [2.05, 4.69) is 39.5 Å². The molecule has 6 nitrogen and oxygen atoms in total. The van der Waals surface area contributed by atoms with Crippen molar-refractivity contribution in [1.29, 1.82) is 0 Å². The molecule has 1 saturated heterocycles. The zero-order valence-corrected chi connectivity index (χ0v) is 16.4. The fourth-order valence-corrected chi connectivity index (χ4v) is 4.14. The topological polar surface area (TPSA) is 62.5 Å². The molecule has 3 aromatic heterocycles. The molecular formula is C23H23N5O. The van der Waals surface area contributed by atoms with Gasteiger partial charge in [0, 0.05) is 17.8 Å². The Morgan fingerprint density at radius 1 is 1.07 bits per heavy atom. The van der Waals surface area contributed by atoms with Crippen LogP contribution in [-0.4, -0.2) is 45.3 Å². The molecule has 146 valence electrons. The van der Waals surface area contributed by atoms with Gasteiger partial charge >= 0.3 is 0 Å². The molecule has 1 aromatic carbocycles. The number of anilines is 1. The number of hydrogen-bond acceptors (Lipinski definition) is 4. The second kappa shape index (κ2) is 7.29. The molecule has 0 spiro atoms. The Kier molecular flexibility index (Phi) is 4.48. The third-order valence-corrected chi connectivity index (χ3v) is 5.83. The van der Waals surface area contributed by atoms with Crippen LogP contribution < -0.4 is 5.32 Å². The van der Waals surface area contributed by atoms with Crippen LogP contribution in [0.4, 0.5) is 5.69 Å². The number of aromatic nitrogens is 3. The van der Waals surface area contributed by atoms with E-state index >= 15 is 0 Å². The molecular weight excluding hydrogens is 362 g/mol. The summed E-state index contributed by atoms with van der Waals surface area (Å²) in [5.41, 5.74) is 4.06. The number of para-hydroxylation sites is 1. The molecule has 0 aliphatic carbocycles. The van der Waals surface area contributed by atoms with Crippen LogP contribution in [0, 0.1) is 0 Å². The maximum atomic E-state index is 13.1. The molecule has 1 N–H and O–H groups in total. The number of imidazole rings is 1. The SMILES string of the molecule is CN1CCC(c2ccc3ncc(C(=O)Nc4cccc5cccnc45)n3c2)CC1. The number of nitrogens with one attached hydrogen (secondary N) is 1. The average Bonchev–Trinajstić information content (AvgIpc) is 3.18. The summed E-state index contributed by atoms with van der Waals surface area (Å²) in [5, 5.41) is 4.01. The van der Waals surface area contributed by atoms with E-state index in [0.29, 0.717) is 17.3 Å². The monoisotopic (exact) mass is 385 g/mol. The number of rotatable bonds is 3. The number of hydrogen-bond donors (Lipinski definition) is 1. The minimum atomic E-state index is -0.184. The van der Waals surface area contributed by atoms with Crippen molar-refractivity contribution in [3.63, 3.8) is 0 Å². The van der Waals surface area contributed by atoms with Crippen LogP contribution in [0.3, 0.4) is 0 Å². The number of benzene rings is 1. The van der Waals surface area contributed by atoms with E-state index in [9.17, 15) is 4.79 Å². The first-order valence-electron chi connectivity index (χ1n) is 10.00. The van der Waals surface area contributed by atoms with Gasteiger partial charge in [-0.1, -0.05) is 24.3 Å². The lowest BCUT2D eigenvalue weighted by molar-refractivity contribution is 0.102. The van der Waals surface area contributed by atoms with Crippen molar-refractivity contribution < 1.29 is 4.79 Å². The first kappa shape index (κ1) is 17.8. The lowest BCUT2D eigenvalue weighted by atomic mass is 9.91. The van der Waals surface area contributed by atoms with E-state index in [-0.39, 0.29) is 5.91 Å². The molecule has 0 unspecified atom stereocenters. The fourth-order valence-electron chi connectivity index (χ4n) is 4.14. The standard InChI is InChI=1S/C23H23N5O/c1-27-12-9-16(10-13-27)18-7-8-21-25-14-20(28(21)15-18)23(29)26-19-6-2-4-17-5-3-11-24-22(17)19/h2-8,11,14-16H,9-10,12-13H2,1H3,(H,26,29). The van der Waals surface area contributed by atoms with Crippen LogP contribution in [0.5, 0.6) is 0 Å². The van der Waals surface area contributed by atoms with E-state index < -0.39 is 0 Å². The van der Waals surface area contributed by atoms with Gasteiger partial charge < -0.3 is 10.2 Å². The Balaban J connectivity index is 1.46. The molecule has 0 bridgehead atoms. The number of likely N-dealkylation sites (tertiary alicyclic amines) is 1. The van der Waals surface area contributed by atoms with E-state index in [1.807, 2.05) is 40.8 Å². The van der Waals surface area contributed by atoms with Gasteiger partial charge in [0.25, 0.3) is 5.91 Å². The van der Waals surface area contributed by atoms with E-state index in [4.69, 9.17) is 0 Å². The van der Waals surface area contributed by atoms with E-state index in [1.54, 1.807) is 12.4 Å². The Morgan fingerprint density at radius 3 is 2.76 bits per heavy atom. The van der Waals surface area contributed by atoms with Gasteiger partial charge in [0.2, 0.25) is 0 Å². The van der Waals surface area contributed by atoms with Gasteiger partial charge in [-0.05, 0) is 62.7 Å². The van der Waals surface area contributed by atoms with Crippen LogP contribution in [0.25, 0.3) is 16.6 Å². The molecule has 1 fully saturated rings. The predicted octanol–water partition coefficient (Wildman–Crippen LogP) is 3.94. The highest BCUT2D eigenvalue weighted by Crippen LogP contribution is 2.28. The minimum Gasteiger partial charge on any atom is -0.319 e. The molecule has 4 heterocycles. The number of amides is 1. The molecule has 0 radical (unpaired) electrons. The van der Waals surface area contributed by atoms with Crippen LogP contribution >= 0.6 is 0 Å². The van der Waals surface area contributed by atoms with E-state index in [0.717, 1.165) is 42.5 Å². The average molecular weight is 385 g/mol. The summed E-state index contributed by atoms with van der Waals surface area (Å²) in [6, 6.07) is 13.8. The van der Waals surface area contributed by atoms with Gasteiger partial charge in [0.05, 0.1) is 17.4 Å². The summed E-state index contributed by atoms with van der Waals surface area (Å²) in [7, 11) is 2.17. The second-order valence-corrected chi connectivity index (χ2v) is 7.75. The summed E-state index contributed by atoms with van der Waals surface area (Å²) in [6.45, 7) is 2.21. The summed E-state index contributed by atoms with van der Waals surface area (Å²) < 4.78 is 1.90. The van der Waals surface area contributed by atoms with Gasteiger partial charge in [-0.15, -0.1) is 0 Å². The molecule has 1 amide bonds. The third-order valence-electron chi connectivity index (χ3n) is 5.83. The predicted molar refractivity (Wildman–Crippen MR) is 114 cm³/mol. The second-order valence-electron chi connectivity index (χ2n) is 7.75. The molecule has 5 rings (SSSR count). The van der Waals surface area contributed by atoms with Crippen molar-refractivity contribution in [3.8, 4) is 0 Å². The van der Waals surface area contributed by atoms with Crippen molar-refractivity contribution in [2.75, 3.05) is 25.5 Å². The molecule has 4 aromatic rings. The molecule has 1 aliphatic heterocycles. The first-order valence-corrected chi connectivity index (χ1v) is 10.00. The lowest BCUT2D eigenvalue weighted by Gasteiger charge is -2.29. The van der Waals surface area contributed by atoms with Crippen molar-refractivity contribution in [1.82, 2.24) is 19.3 Å². The van der Waals surface area contributed by atoms with E-state index in [1.165, 1.54) is 5.56 Å². The van der Waals surface area contributed by atoms with Gasteiger partial charge in [-0.2, -0.15) is 0 Å². The maximum absolute atomic E-state index is 13.1. The third kappa shape index (κ3) is 3.36. The largest absolute Gasteiger partial charge is 0.319 e. The highest BCUT2D eigenvalue weighted by atomic mass is 16.1. The van der Waals surface area contributed by atoms with Crippen LogP contribution in [0.2, 0.25) is 0 Å². The normalized spacial score (nSPS) is 15.8. The highest BCUT2D eigenvalue weighted by molar-refractivity contribution is 6.07. The summed E-state index contributed by atoms with van der Waals surface area (Å²) in [6.07, 6.45) is 7.73. The van der Waals surface area contributed by atoms with Crippen molar-refractivity contribution in [3.05, 3.63) is 72.3 Å². The van der Waals surface area contributed by atoms with Gasteiger partial charge in [-0.3, -0.25) is 14.2 Å². The molecule has 6 heteroatoms. The maximum Gasteiger partial charge on any atom is 0.274 e. The van der Waals surface area contributed by atoms with Gasteiger partial charge in [0.15, 0.2) is 0 Å². The first-order chi connectivity index (χ1) is 14.2. The van der Waals surface area contributed by atoms with Crippen LogP contribution in [0.15, 0.2) is 61.1 Å². The number of pyridine rings is 2. The van der Waals surface area contributed by atoms with Crippen molar-refractivity contribution in [2.24, 2.45) is 0 Å². The Labute approximate surface area is 169 Å². The summed E-state index contributed by atoms with van der Waals surface area (Å²) in [5.74, 6) is 0.340. The number of carbonyl (C=O) groups excluding carboxylic acids is 1. The van der Waals surface area contributed by atoms with Gasteiger partial charge in [-0.25, -0.2) is 4.98 Å². The molecule has 1 aliphatic rings. The van der Waals surface area contributed by atoms with Gasteiger partial charge in [0.1, 0.15) is 11.3 Å². The summed E-state index contributed by atoms with van der Waals surface area (Å²) in [4.78, 5) is 24.3. The number of nitrogens with zero attached hydrogens (tertiary/aromatic N) is 4. The van der Waals surface area contributed by atoms with Crippen LogP contribution in [-0.2, 0) is 0 Å². The zero-order valence-electron chi connectivity index (χ0n) is 16.4. The zero-order chi connectivity index (χ0) is 19.8. The number of fused-ring (bicyclic) bond motifs is 2. The Morgan fingerprint density at radius 2 is 1.90 bits per heavy atom. The quantitative estimate of drug-likeness (QED) is 0.580. The number of piperidine rings is 1. The fraction of sp³-hybridized carbons (Fsp3) is 0.261. The Bertz CT molecular complexity index is 1190. The molecule has 29 heavy (non-hydrogen) atoms. The number of carbonyl (C=O) groups is 1.